The van der Waals surface area contributed by atoms with Crippen molar-refractivity contribution in [3.63, 3.8) is 0 Å². The molecular weight excluding hydrogens is 340 g/mol. The molecule has 0 aliphatic carbocycles. The van der Waals surface area contributed by atoms with Crippen LogP contribution >= 0.6 is 24.2 Å². The zero-order valence-electron chi connectivity index (χ0n) is 13.6. The molecule has 3 rings (SSSR count). The second-order valence-corrected chi connectivity index (χ2v) is 6.88. The number of para-hydroxylation sites is 1. The van der Waals surface area contributed by atoms with Crippen molar-refractivity contribution >= 4 is 35.8 Å². The van der Waals surface area contributed by atoms with E-state index in [1.54, 1.807) is 0 Å². The fraction of sp³-hybridized carbons (Fsp3) is 0.316. The van der Waals surface area contributed by atoms with Crippen LogP contribution in [0.2, 0.25) is 0 Å². The predicted octanol–water partition coefficient (Wildman–Crippen LogP) is 3.74. The van der Waals surface area contributed by atoms with E-state index in [4.69, 9.17) is 0 Å². The molecule has 1 aliphatic heterocycles. The lowest BCUT2D eigenvalue weighted by Gasteiger charge is -2.27. The van der Waals surface area contributed by atoms with Crippen LogP contribution in [0.4, 0.5) is 5.69 Å². The van der Waals surface area contributed by atoms with Crippen molar-refractivity contribution in [1.82, 2.24) is 5.32 Å². The van der Waals surface area contributed by atoms with Crippen LogP contribution in [0, 0.1) is 0 Å². The number of thioether (sulfide) groups is 1. The van der Waals surface area contributed by atoms with Gasteiger partial charge in [-0.15, -0.1) is 12.4 Å². The number of nitrogens with one attached hydrogen (secondary N) is 1. The number of amides is 1. The number of halogens is 1. The Morgan fingerprint density at radius 1 is 1.08 bits per heavy atom. The monoisotopic (exact) mass is 362 g/mol. The molecule has 5 heteroatoms. The molecule has 1 amide bonds. The highest BCUT2D eigenvalue weighted by Gasteiger charge is 2.22. The average Bonchev–Trinajstić information content (AvgIpc) is 2.62. The van der Waals surface area contributed by atoms with Crippen molar-refractivity contribution in [2.24, 2.45) is 0 Å². The molecule has 0 bridgehead atoms. The normalized spacial score (nSPS) is 16.9. The van der Waals surface area contributed by atoms with Gasteiger partial charge in [0, 0.05) is 36.2 Å². The van der Waals surface area contributed by atoms with Gasteiger partial charge in [0.25, 0.3) is 0 Å². The van der Waals surface area contributed by atoms with Crippen molar-refractivity contribution in [3.05, 3.63) is 66.2 Å². The molecule has 0 spiro atoms. The van der Waals surface area contributed by atoms with Crippen LogP contribution in [-0.4, -0.2) is 30.0 Å². The molecule has 1 saturated heterocycles. The zero-order chi connectivity index (χ0) is 15.9. The second kappa shape index (κ2) is 9.72. The smallest absolute Gasteiger partial charge is 0.228 e. The van der Waals surface area contributed by atoms with Gasteiger partial charge in [0.2, 0.25) is 5.91 Å². The predicted molar refractivity (Wildman–Crippen MR) is 105 cm³/mol. The second-order valence-electron chi connectivity index (χ2n) is 5.73. The van der Waals surface area contributed by atoms with E-state index >= 15 is 0 Å². The van der Waals surface area contributed by atoms with Crippen LogP contribution in [0.25, 0.3) is 0 Å². The van der Waals surface area contributed by atoms with Crippen molar-refractivity contribution in [2.45, 2.75) is 19.0 Å². The van der Waals surface area contributed by atoms with E-state index in [-0.39, 0.29) is 24.4 Å². The van der Waals surface area contributed by atoms with Gasteiger partial charge in [0.15, 0.2) is 0 Å². The molecule has 1 unspecified atom stereocenters. The molecule has 1 heterocycles. The molecule has 1 fully saturated rings. The van der Waals surface area contributed by atoms with Crippen molar-refractivity contribution < 1.29 is 4.79 Å². The SMILES string of the molecule is Cl.O=C(CC1CSCCN1)N(Cc1ccccc1)c1ccccc1. The van der Waals surface area contributed by atoms with Crippen molar-refractivity contribution in [2.75, 3.05) is 23.0 Å². The molecule has 128 valence electrons. The van der Waals surface area contributed by atoms with Gasteiger partial charge in [0.05, 0.1) is 6.54 Å². The standard InChI is InChI=1S/C19H22N2OS.ClH/c22-19(13-17-15-23-12-11-20-17)21(18-9-5-2-6-10-18)14-16-7-3-1-4-8-16;/h1-10,17,20H,11-15H2;1H. The first-order valence-corrected chi connectivity index (χ1v) is 9.19. The molecular formula is C19H23ClN2OS. The number of rotatable bonds is 5. The molecule has 1 N–H and O–H groups in total. The van der Waals surface area contributed by atoms with E-state index in [1.807, 2.05) is 65.2 Å². The lowest BCUT2D eigenvalue weighted by atomic mass is 10.1. The van der Waals surface area contributed by atoms with E-state index in [0.717, 1.165) is 29.3 Å². The number of nitrogens with zero attached hydrogens (tertiary/aromatic N) is 1. The Morgan fingerprint density at radius 3 is 2.38 bits per heavy atom. The molecule has 0 saturated carbocycles. The molecule has 24 heavy (non-hydrogen) atoms. The van der Waals surface area contributed by atoms with Crippen LogP contribution in [-0.2, 0) is 11.3 Å². The molecule has 1 atom stereocenters. The van der Waals surface area contributed by atoms with Gasteiger partial charge in [-0.2, -0.15) is 11.8 Å². The molecule has 2 aromatic rings. The van der Waals surface area contributed by atoms with E-state index in [1.165, 1.54) is 0 Å². The van der Waals surface area contributed by atoms with Gasteiger partial charge in [-0.3, -0.25) is 4.79 Å². The minimum Gasteiger partial charge on any atom is -0.312 e. The van der Waals surface area contributed by atoms with Crippen LogP contribution in [0.1, 0.15) is 12.0 Å². The average molecular weight is 363 g/mol. The Bertz CT molecular complexity index is 618. The topological polar surface area (TPSA) is 32.3 Å². The maximum atomic E-state index is 12.9. The Balaban J connectivity index is 0.00000208. The minimum absolute atomic E-state index is 0. The highest BCUT2D eigenvalue weighted by atomic mass is 35.5. The summed E-state index contributed by atoms with van der Waals surface area (Å²) in [4.78, 5) is 14.8. The Kier molecular flexibility index (Phi) is 7.63. The summed E-state index contributed by atoms with van der Waals surface area (Å²) >= 11 is 1.92. The maximum Gasteiger partial charge on any atom is 0.228 e. The lowest BCUT2D eigenvalue weighted by molar-refractivity contribution is -0.119. The van der Waals surface area contributed by atoms with Gasteiger partial charge in [-0.1, -0.05) is 48.5 Å². The number of benzene rings is 2. The summed E-state index contributed by atoms with van der Waals surface area (Å²) in [7, 11) is 0. The third kappa shape index (κ3) is 5.26. The summed E-state index contributed by atoms with van der Waals surface area (Å²) in [6.07, 6.45) is 0.550. The van der Waals surface area contributed by atoms with Gasteiger partial charge in [0.1, 0.15) is 0 Å². The summed E-state index contributed by atoms with van der Waals surface area (Å²) in [5.41, 5.74) is 2.11. The third-order valence-corrected chi connectivity index (χ3v) is 5.10. The van der Waals surface area contributed by atoms with E-state index in [0.29, 0.717) is 13.0 Å². The van der Waals surface area contributed by atoms with Crippen LogP contribution in [0.3, 0.4) is 0 Å². The van der Waals surface area contributed by atoms with Gasteiger partial charge in [-0.25, -0.2) is 0 Å². The lowest BCUT2D eigenvalue weighted by Crippen LogP contribution is -2.42. The number of hydrogen-bond donors (Lipinski definition) is 1. The first kappa shape index (κ1) is 18.8. The zero-order valence-corrected chi connectivity index (χ0v) is 15.2. The van der Waals surface area contributed by atoms with Crippen LogP contribution < -0.4 is 10.2 Å². The summed E-state index contributed by atoms with van der Waals surface area (Å²) in [6.45, 7) is 1.61. The highest BCUT2D eigenvalue weighted by Crippen LogP contribution is 2.20. The molecule has 2 aromatic carbocycles. The summed E-state index contributed by atoms with van der Waals surface area (Å²) < 4.78 is 0. The molecule has 3 nitrogen and oxygen atoms in total. The molecule has 1 aliphatic rings. The Labute approximate surface area is 154 Å². The van der Waals surface area contributed by atoms with E-state index in [2.05, 4.69) is 17.4 Å². The summed E-state index contributed by atoms with van der Waals surface area (Å²) in [6, 6.07) is 20.4. The maximum absolute atomic E-state index is 12.9. The number of hydrogen-bond acceptors (Lipinski definition) is 3. The Morgan fingerprint density at radius 2 is 1.75 bits per heavy atom. The minimum atomic E-state index is 0. The van der Waals surface area contributed by atoms with Gasteiger partial charge in [-0.05, 0) is 17.7 Å². The van der Waals surface area contributed by atoms with Crippen LogP contribution in [0.5, 0.6) is 0 Å². The highest BCUT2D eigenvalue weighted by molar-refractivity contribution is 7.99. The summed E-state index contributed by atoms with van der Waals surface area (Å²) in [5, 5.41) is 3.45. The fourth-order valence-corrected chi connectivity index (χ4v) is 3.72. The number of anilines is 1. The van der Waals surface area contributed by atoms with E-state index in [9.17, 15) is 4.79 Å². The van der Waals surface area contributed by atoms with Crippen molar-refractivity contribution in [1.29, 1.82) is 0 Å². The first-order chi connectivity index (χ1) is 11.3. The summed E-state index contributed by atoms with van der Waals surface area (Å²) in [5.74, 6) is 2.33. The van der Waals surface area contributed by atoms with Crippen molar-refractivity contribution in [3.8, 4) is 0 Å². The quantitative estimate of drug-likeness (QED) is 0.879. The molecule has 0 radical (unpaired) electrons. The van der Waals surface area contributed by atoms with E-state index < -0.39 is 0 Å². The van der Waals surface area contributed by atoms with Gasteiger partial charge < -0.3 is 10.2 Å². The largest absolute Gasteiger partial charge is 0.312 e. The third-order valence-electron chi connectivity index (χ3n) is 3.97. The Hall–Kier alpha value is -1.49. The van der Waals surface area contributed by atoms with Gasteiger partial charge >= 0.3 is 0 Å². The first-order valence-electron chi connectivity index (χ1n) is 8.03. The number of carbonyl (C=O) groups excluding carboxylic acids is 1. The number of carbonyl (C=O) groups is 1. The fourth-order valence-electron chi connectivity index (χ4n) is 2.77. The van der Waals surface area contributed by atoms with Crippen LogP contribution in [0.15, 0.2) is 60.7 Å². The molecule has 0 aromatic heterocycles.